The highest BCUT2D eigenvalue weighted by Crippen LogP contribution is 2.26. The minimum atomic E-state index is 0.548. The second-order valence-corrected chi connectivity index (χ2v) is 6.13. The highest BCUT2D eigenvalue weighted by atomic mass is 16.5. The van der Waals surface area contributed by atoms with E-state index in [1.165, 1.54) is 10.8 Å². The van der Waals surface area contributed by atoms with Crippen LogP contribution < -0.4 is 10.1 Å². The molecule has 0 fully saturated rings. The first-order valence-electron chi connectivity index (χ1n) is 8.64. The van der Waals surface area contributed by atoms with Crippen LogP contribution in [0.4, 0.5) is 5.82 Å². The van der Waals surface area contributed by atoms with Gasteiger partial charge in [0.1, 0.15) is 18.2 Å². The predicted molar refractivity (Wildman–Crippen MR) is 105 cm³/mol. The van der Waals surface area contributed by atoms with Crippen LogP contribution in [0, 0.1) is 0 Å². The van der Waals surface area contributed by atoms with Crippen molar-refractivity contribution in [2.45, 2.75) is 6.54 Å². The Morgan fingerprint density at radius 1 is 0.962 bits per heavy atom. The van der Waals surface area contributed by atoms with Gasteiger partial charge in [-0.1, -0.05) is 30.3 Å². The molecule has 0 spiro atoms. The van der Waals surface area contributed by atoms with Gasteiger partial charge in [-0.2, -0.15) is 0 Å². The lowest BCUT2D eigenvalue weighted by Gasteiger charge is -2.09. The SMILES string of the molecule is COCCOc1cccc(CNc2cc3c(cn2)[nH]c2ccccc23)c1. The van der Waals surface area contributed by atoms with Crippen LogP contribution in [0.1, 0.15) is 5.56 Å². The van der Waals surface area contributed by atoms with E-state index in [1.54, 1.807) is 7.11 Å². The van der Waals surface area contributed by atoms with E-state index >= 15 is 0 Å². The summed E-state index contributed by atoms with van der Waals surface area (Å²) in [5.41, 5.74) is 3.31. The van der Waals surface area contributed by atoms with Crippen LogP contribution in [0.2, 0.25) is 0 Å². The average molecular weight is 347 g/mol. The van der Waals surface area contributed by atoms with Gasteiger partial charge in [-0.15, -0.1) is 0 Å². The van der Waals surface area contributed by atoms with Gasteiger partial charge in [0, 0.05) is 29.9 Å². The Morgan fingerprint density at radius 3 is 2.81 bits per heavy atom. The Labute approximate surface area is 152 Å². The Hall–Kier alpha value is -3.05. The van der Waals surface area contributed by atoms with E-state index < -0.39 is 0 Å². The van der Waals surface area contributed by atoms with E-state index in [0.29, 0.717) is 19.8 Å². The highest BCUT2D eigenvalue weighted by molar-refractivity contribution is 6.07. The Kier molecular flexibility index (Phi) is 4.71. The average Bonchev–Trinajstić information content (AvgIpc) is 3.05. The number of aromatic amines is 1. The Bertz CT molecular complexity index is 1030. The number of pyridine rings is 1. The molecule has 0 aliphatic rings. The highest BCUT2D eigenvalue weighted by Gasteiger charge is 2.05. The maximum atomic E-state index is 5.66. The van der Waals surface area contributed by atoms with Crippen LogP contribution in [-0.2, 0) is 11.3 Å². The van der Waals surface area contributed by atoms with Crippen LogP contribution in [0.25, 0.3) is 21.8 Å². The van der Waals surface area contributed by atoms with E-state index in [4.69, 9.17) is 9.47 Å². The molecule has 4 rings (SSSR count). The van der Waals surface area contributed by atoms with Crippen molar-refractivity contribution >= 4 is 27.6 Å². The summed E-state index contributed by atoms with van der Waals surface area (Å²) in [7, 11) is 1.67. The fraction of sp³-hybridized carbons (Fsp3) is 0.190. The van der Waals surface area contributed by atoms with Crippen molar-refractivity contribution in [1.82, 2.24) is 9.97 Å². The molecule has 5 heteroatoms. The number of aromatic nitrogens is 2. The van der Waals surface area contributed by atoms with Crippen molar-refractivity contribution in [3.05, 3.63) is 66.4 Å². The number of hydrogen-bond acceptors (Lipinski definition) is 4. The summed E-state index contributed by atoms with van der Waals surface area (Å²) < 4.78 is 10.7. The summed E-state index contributed by atoms with van der Waals surface area (Å²) in [6.07, 6.45) is 1.88. The summed E-state index contributed by atoms with van der Waals surface area (Å²) in [6, 6.07) is 18.4. The third kappa shape index (κ3) is 3.48. The third-order valence-electron chi connectivity index (χ3n) is 4.32. The minimum Gasteiger partial charge on any atom is -0.491 e. The number of benzene rings is 2. The van der Waals surface area contributed by atoms with Gasteiger partial charge in [0.15, 0.2) is 0 Å². The number of nitrogens with zero attached hydrogens (tertiary/aromatic N) is 1. The number of hydrogen-bond donors (Lipinski definition) is 2. The molecule has 0 amide bonds. The number of nitrogens with one attached hydrogen (secondary N) is 2. The van der Waals surface area contributed by atoms with Gasteiger partial charge < -0.3 is 19.8 Å². The summed E-state index contributed by atoms with van der Waals surface area (Å²) >= 11 is 0. The van der Waals surface area contributed by atoms with E-state index in [2.05, 4.69) is 45.6 Å². The molecule has 26 heavy (non-hydrogen) atoms. The van der Waals surface area contributed by atoms with Crippen molar-refractivity contribution in [3.63, 3.8) is 0 Å². The van der Waals surface area contributed by atoms with E-state index in [0.717, 1.165) is 28.2 Å². The van der Waals surface area contributed by atoms with Crippen molar-refractivity contribution in [1.29, 1.82) is 0 Å². The van der Waals surface area contributed by atoms with E-state index in [-0.39, 0.29) is 0 Å². The van der Waals surface area contributed by atoms with E-state index in [9.17, 15) is 0 Å². The van der Waals surface area contributed by atoms with Crippen molar-refractivity contribution in [2.75, 3.05) is 25.6 Å². The predicted octanol–water partition coefficient (Wildman–Crippen LogP) is 4.35. The smallest absolute Gasteiger partial charge is 0.126 e. The number of para-hydroxylation sites is 1. The minimum absolute atomic E-state index is 0.548. The molecule has 2 aromatic carbocycles. The molecule has 0 saturated carbocycles. The number of H-pyrrole nitrogens is 1. The van der Waals surface area contributed by atoms with E-state index in [1.807, 2.05) is 30.5 Å². The topological polar surface area (TPSA) is 59.2 Å². The molecular formula is C21H21N3O2. The lowest BCUT2D eigenvalue weighted by Crippen LogP contribution is -2.05. The normalized spacial score (nSPS) is 11.1. The lowest BCUT2D eigenvalue weighted by molar-refractivity contribution is 0.146. The molecule has 0 aliphatic carbocycles. The molecule has 0 aliphatic heterocycles. The molecule has 2 heterocycles. The zero-order valence-corrected chi connectivity index (χ0v) is 14.7. The van der Waals surface area contributed by atoms with Gasteiger partial charge in [0.25, 0.3) is 0 Å². The lowest BCUT2D eigenvalue weighted by atomic mass is 10.2. The molecule has 0 bridgehead atoms. The molecule has 5 nitrogen and oxygen atoms in total. The van der Waals surface area contributed by atoms with Crippen LogP contribution >= 0.6 is 0 Å². The second kappa shape index (κ2) is 7.45. The maximum Gasteiger partial charge on any atom is 0.126 e. The molecule has 2 aromatic heterocycles. The first-order valence-corrected chi connectivity index (χ1v) is 8.64. The molecule has 0 radical (unpaired) electrons. The van der Waals surface area contributed by atoms with Crippen LogP contribution in [-0.4, -0.2) is 30.3 Å². The van der Waals surface area contributed by atoms with Crippen molar-refractivity contribution in [3.8, 4) is 5.75 Å². The maximum absolute atomic E-state index is 5.66. The number of rotatable bonds is 7. The summed E-state index contributed by atoms with van der Waals surface area (Å²) in [5, 5.41) is 5.78. The molecule has 4 aromatic rings. The van der Waals surface area contributed by atoms with Gasteiger partial charge in [0.05, 0.1) is 18.3 Å². The fourth-order valence-electron chi connectivity index (χ4n) is 3.03. The summed E-state index contributed by atoms with van der Waals surface area (Å²) in [5.74, 6) is 1.70. The first-order chi connectivity index (χ1) is 12.8. The Morgan fingerprint density at radius 2 is 1.88 bits per heavy atom. The standard InChI is InChI=1S/C21H21N3O2/c1-25-9-10-26-16-6-4-5-15(11-16)13-22-21-12-18-17-7-2-3-8-19(17)24-20(18)14-23-21/h2-8,11-12,14,24H,9-10,13H2,1H3,(H,22,23). The third-order valence-corrected chi connectivity index (χ3v) is 4.32. The first kappa shape index (κ1) is 16.4. The number of anilines is 1. The van der Waals surface area contributed by atoms with Crippen LogP contribution in [0.3, 0.4) is 0 Å². The summed E-state index contributed by atoms with van der Waals surface area (Å²) in [4.78, 5) is 7.90. The molecule has 0 saturated heterocycles. The van der Waals surface area contributed by atoms with Crippen LogP contribution in [0.15, 0.2) is 60.8 Å². The molecule has 132 valence electrons. The van der Waals surface area contributed by atoms with Gasteiger partial charge in [-0.25, -0.2) is 4.98 Å². The quantitative estimate of drug-likeness (QED) is 0.488. The van der Waals surface area contributed by atoms with Gasteiger partial charge >= 0.3 is 0 Å². The molecule has 0 atom stereocenters. The zero-order chi connectivity index (χ0) is 17.8. The molecular weight excluding hydrogens is 326 g/mol. The van der Waals surface area contributed by atoms with Crippen LogP contribution in [0.5, 0.6) is 5.75 Å². The number of ether oxygens (including phenoxy) is 2. The second-order valence-electron chi connectivity index (χ2n) is 6.13. The van der Waals surface area contributed by atoms with Crippen molar-refractivity contribution < 1.29 is 9.47 Å². The van der Waals surface area contributed by atoms with Gasteiger partial charge in [0.2, 0.25) is 0 Å². The van der Waals surface area contributed by atoms with Gasteiger partial charge in [-0.3, -0.25) is 0 Å². The van der Waals surface area contributed by atoms with Gasteiger partial charge in [-0.05, 0) is 29.8 Å². The number of methoxy groups -OCH3 is 1. The summed E-state index contributed by atoms with van der Waals surface area (Å²) in [6.45, 7) is 1.81. The monoisotopic (exact) mass is 347 g/mol. The number of fused-ring (bicyclic) bond motifs is 3. The Balaban J connectivity index is 1.49. The largest absolute Gasteiger partial charge is 0.491 e. The van der Waals surface area contributed by atoms with Crippen molar-refractivity contribution in [2.24, 2.45) is 0 Å². The molecule has 2 N–H and O–H groups in total. The fourth-order valence-corrected chi connectivity index (χ4v) is 3.03. The molecule has 0 unspecified atom stereocenters. The zero-order valence-electron chi connectivity index (χ0n) is 14.7.